The maximum absolute atomic E-state index is 12.4. The van der Waals surface area contributed by atoms with Gasteiger partial charge in [0.25, 0.3) is 5.91 Å². The molecule has 2 amide bonds. The van der Waals surface area contributed by atoms with E-state index >= 15 is 0 Å². The molecule has 2 heterocycles. The first-order valence-corrected chi connectivity index (χ1v) is 6.58. The summed E-state index contributed by atoms with van der Waals surface area (Å²) in [5.41, 5.74) is 0. The molecule has 1 aliphatic rings. The van der Waals surface area contributed by atoms with E-state index in [1.807, 2.05) is 0 Å². The Morgan fingerprint density at radius 2 is 2.33 bits per heavy atom. The molecule has 1 aromatic heterocycles. The molecule has 0 aromatic carbocycles. The number of nitro groups is 1. The van der Waals surface area contributed by atoms with Gasteiger partial charge in [-0.1, -0.05) is 0 Å². The van der Waals surface area contributed by atoms with Crippen molar-refractivity contribution in [1.29, 1.82) is 0 Å². The number of nitrogens with one attached hydrogen (secondary N) is 2. The van der Waals surface area contributed by atoms with Gasteiger partial charge in [0, 0.05) is 26.2 Å². The molecule has 1 unspecified atom stereocenters. The van der Waals surface area contributed by atoms with Crippen LogP contribution in [0.4, 0.5) is 5.88 Å². The van der Waals surface area contributed by atoms with E-state index in [1.165, 1.54) is 11.0 Å². The third-order valence-corrected chi connectivity index (χ3v) is 3.14. The molecule has 1 aromatic rings. The molecule has 0 spiro atoms. The van der Waals surface area contributed by atoms with Crippen molar-refractivity contribution < 1.29 is 18.9 Å². The Hall–Kier alpha value is -2.42. The second-order valence-corrected chi connectivity index (χ2v) is 4.51. The van der Waals surface area contributed by atoms with Crippen LogP contribution in [0, 0.1) is 10.1 Å². The molecular formula is C12H16N4O5. The Morgan fingerprint density at radius 3 is 2.95 bits per heavy atom. The number of carbonyl (C=O) groups excluding carboxylic acids is 2. The third-order valence-electron chi connectivity index (χ3n) is 3.14. The lowest BCUT2D eigenvalue weighted by atomic mass is 10.1. The summed E-state index contributed by atoms with van der Waals surface area (Å²) in [5.74, 6) is -1.43. The maximum atomic E-state index is 12.4. The first kappa shape index (κ1) is 15.0. The van der Waals surface area contributed by atoms with Crippen LogP contribution in [0.15, 0.2) is 16.5 Å². The summed E-state index contributed by atoms with van der Waals surface area (Å²) in [7, 11) is 0. The summed E-state index contributed by atoms with van der Waals surface area (Å²) in [4.78, 5) is 35.6. The van der Waals surface area contributed by atoms with Gasteiger partial charge in [-0.2, -0.15) is 0 Å². The highest BCUT2D eigenvalue weighted by Crippen LogP contribution is 2.18. The number of piperazine rings is 1. The van der Waals surface area contributed by atoms with Crippen molar-refractivity contribution in [1.82, 2.24) is 15.5 Å². The number of rotatable bonds is 4. The summed E-state index contributed by atoms with van der Waals surface area (Å²) >= 11 is 0. The lowest BCUT2D eigenvalue weighted by Crippen LogP contribution is -2.59. The summed E-state index contributed by atoms with van der Waals surface area (Å²) in [6, 6.07) is 1.71. The van der Waals surface area contributed by atoms with Gasteiger partial charge in [-0.15, -0.1) is 0 Å². The number of furan rings is 1. The lowest BCUT2D eigenvalue weighted by molar-refractivity contribution is -0.402. The van der Waals surface area contributed by atoms with Crippen LogP contribution in [0.3, 0.4) is 0 Å². The number of likely N-dealkylation sites (N-methyl/N-ethyl adjacent to an activating group) is 1. The topological polar surface area (TPSA) is 118 Å². The van der Waals surface area contributed by atoms with Crippen molar-refractivity contribution in [3.05, 3.63) is 28.0 Å². The van der Waals surface area contributed by atoms with E-state index in [0.29, 0.717) is 26.2 Å². The van der Waals surface area contributed by atoms with Gasteiger partial charge in [0.05, 0.1) is 6.07 Å². The molecule has 9 nitrogen and oxygen atoms in total. The molecule has 0 aliphatic carbocycles. The fourth-order valence-corrected chi connectivity index (χ4v) is 2.16. The number of amides is 2. The SMILES string of the molecule is CCNC(=O)C1CNCCN1C(=O)c1ccc([N+](=O)[O-])o1. The van der Waals surface area contributed by atoms with Gasteiger partial charge in [0.2, 0.25) is 5.91 Å². The normalized spacial score (nSPS) is 18.3. The molecule has 1 atom stereocenters. The van der Waals surface area contributed by atoms with Gasteiger partial charge in [-0.25, -0.2) is 0 Å². The van der Waals surface area contributed by atoms with Crippen molar-refractivity contribution in [2.75, 3.05) is 26.2 Å². The third kappa shape index (κ3) is 3.19. The molecule has 0 saturated carbocycles. The summed E-state index contributed by atoms with van der Waals surface area (Å²) < 4.78 is 4.91. The van der Waals surface area contributed by atoms with E-state index in [2.05, 4.69) is 10.6 Å². The van der Waals surface area contributed by atoms with Gasteiger partial charge in [0.1, 0.15) is 11.0 Å². The number of nitrogens with zero attached hydrogens (tertiary/aromatic N) is 2. The van der Waals surface area contributed by atoms with E-state index < -0.39 is 22.8 Å². The van der Waals surface area contributed by atoms with Crippen LogP contribution in [-0.4, -0.2) is 53.9 Å². The van der Waals surface area contributed by atoms with Crippen molar-refractivity contribution in [2.45, 2.75) is 13.0 Å². The monoisotopic (exact) mass is 296 g/mol. The van der Waals surface area contributed by atoms with Crippen molar-refractivity contribution in [3.8, 4) is 0 Å². The zero-order valence-electron chi connectivity index (χ0n) is 11.5. The second kappa shape index (κ2) is 6.35. The van der Waals surface area contributed by atoms with E-state index in [0.717, 1.165) is 6.07 Å². The van der Waals surface area contributed by atoms with Crippen LogP contribution in [0.25, 0.3) is 0 Å². The predicted octanol–water partition coefficient (Wildman–Crippen LogP) is -0.262. The Morgan fingerprint density at radius 1 is 1.57 bits per heavy atom. The zero-order chi connectivity index (χ0) is 15.4. The number of hydrogen-bond donors (Lipinski definition) is 2. The fraction of sp³-hybridized carbons (Fsp3) is 0.500. The van der Waals surface area contributed by atoms with Crippen LogP contribution in [-0.2, 0) is 4.79 Å². The highest BCUT2D eigenvalue weighted by atomic mass is 16.6. The summed E-state index contributed by atoms with van der Waals surface area (Å²) in [5, 5.41) is 16.3. The zero-order valence-corrected chi connectivity index (χ0v) is 11.5. The van der Waals surface area contributed by atoms with Crippen molar-refractivity contribution in [3.63, 3.8) is 0 Å². The lowest BCUT2D eigenvalue weighted by Gasteiger charge is -2.34. The van der Waals surface area contributed by atoms with Crippen molar-refractivity contribution in [2.24, 2.45) is 0 Å². The summed E-state index contributed by atoms with van der Waals surface area (Å²) in [6.07, 6.45) is 0. The van der Waals surface area contributed by atoms with Gasteiger partial charge in [-0.3, -0.25) is 19.7 Å². The second-order valence-electron chi connectivity index (χ2n) is 4.51. The first-order valence-electron chi connectivity index (χ1n) is 6.58. The minimum absolute atomic E-state index is 0.141. The van der Waals surface area contributed by atoms with Gasteiger partial charge in [0.15, 0.2) is 5.76 Å². The Balaban J connectivity index is 2.17. The number of carbonyl (C=O) groups is 2. The quantitative estimate of drug-likeness (QED) is 0.583. The Bertz CT molecular complexity index is 556. The molecule has 114 valence electrons. The predicted molar refractivity (Wildman–Crippen MR) is 71.7 cm³/mol. The number of hydrogen-bond acceptors (Lipinski definition) is 6. The van der Waals surface area contributed by atoms with E-state index in [4.69, 9.17) is 4.42 Å². The van der Waals surface area contributed by atoms with Gasteiger partial charge < -0.3 is 20.0 Å². The van der Waals surface area contributed by atoms with Gasteiger partial charge in [-0.05, 0) is 13.0 Å². The largest absolute Gasteiger partial charge is 0.433 e. The molecular weight excluding hydrogens is 280 g/mol. The smallest absolute Gasteiger partial charge is 0.395 e. The molecule has 1 aliphatic heterocycles. The van der Waals surface area contributed by atoms with E-state index in [1.54, 1.807) is 6.92 Å². The van der Waals surface area contributed by atoms with E-state index in [9.17, 15) is 19.7 Å². The molecule has 0 bridgehead atoms. The molecule has 1 fully saturated rings. The first-order chi connectivity index (χ1) is 10.0. The average molecular weight is 296 g/mol. The average Bonchev–Trinajstić information content (AvgIpc) is 2.97. The van der Waals surface area contributed by atoms with Crippen molar-refractivity contribution >= 4 is 17.7 Å². The Kier molecular flexibility index (Phi) is 4.53. The van der Waals surface area contributed by atoms with Crippen LogP contribution >= 0.6 is 0 Å². The van der Waals surface area contributed by atoms with Crippen LogP contribution < -0.4 is 10.6 Å². The molecule has 2 N–H and O–H groups in total. The molecule has 21 heavy (non-hydrogen) atoms. The highest BCUT2D eigenvalue weighted by Gasteiger charge is 2.34. The highest BCUT2D eigenvalue weighted by molar-refractivity contribution is 5.96. The standard InChI is InChI=1S/C12H16N4O5/c1-2-14-11(17)8-7-13-5-6-15(8)12(18)9-3-4-10(21-9)16(19)20/h3-4,8,13H,2,5-7H2,1H3,(H,14,17). The molecule has 1 saturated heterocycles. The molecule has 9 heteroatoms. The Labute approximate surface area is 120 Å². The van der Waals surface area contributed by atoms with Crippen LogP contribution in [0.1, 0.15) is 17.5 Å². The summed E-state index contributed by atoms with van der Waals surface area (Å²) in [6.45, 7) is 3.46. The van der Waals surface area contributed by atoms with Gasteiger partial charge >= 0.3 is 5.88 Å². The van der Waals surface area contributed by atoms with Crippen LogP contribution in [0.2, 0.25) is 0 Å². The fourth-order valence-electron chi connectivity index (χ4n) is 2.16. The maximum Gasteiger partial charge on any atom is 0.433 e. The minimum Gasteiger partial charge on any atom is -0.395 e. The van der Waals surface area contributed by atoms with Crippen LogP contribution in [0.5, 0.6) is 0 Å². The van der Waals surface area contributed by atoms with E-state index in [-0.39, 0.29) is 11.7 Å². The molecule has 0 radical (unpaired) electrons. The minimum atomic E-state index is -0.712. The molecule has 2 rings (SSSR count).